The molecule has 0 unspecified atom stereocenters. The second-order valence-corrected chi connectivity index (χ2v) is 5.45. The maximum absolute atomic E-state index is 5.85. The maximum atomic E-state index is 5.85. The molecule has 108 valence electrons. The number of benzene rings is 2. The lowest BCUT2D eigenvalue weighted by Gasteiger charge is -2.09. The van der Waals surface area contributed by atoms with E-state index in [1.165, 1.54) is 5.56 Å². The third-order valence-corrected chi connectivity index (χ3v) is 3.83. The number of imidazole rings is 1. The molecule has 0 aliphatic heterocycles. The van der Waals surface area contributed by atoms with Crippen molar-refractivity contribution >= 4 is 28.3 Å². The van der Waals surface area contributed by atoms with E-state index in [9.17, 15) is 0 Å². The number of alkyl halides is 1. The van der Waals surface area contributed by atoms with Crippen molar-refractivity contribution in [2.75, 3.05) is 11.6 Å². The second kappa shape index (κ2) is 5.78. The molecule has 0 aliphatic rings. The Morgan fingerprint density at radius 1 is 1.14 bits per heavy atom. The molecule has 0 saturated heterocycles. The van der Waals surface area contributed by atoms with Crippen LogP contribution in [0.5, 0.6) is 0 Å². The van der Waals surface area contributed by atoms with Crippen molar-refractivity contribution in [3.05, 3.63) is 53.9 Å². The second-order valence-electron chi connectivity index (χ2n) is 5.07. The smallest absolute Gasteiger partial charge is 0.114 e. The highest BCUT2D eigenvalue weighted by Crippen LogP contribution is 2.24. The third kappa shape index (κ3) is 2.61. The van der Waals surface area contributed by atoms with Gasteiger partial charge in [-0.05, 0) is 42.3 Å². The summed E-state index contributed by atoms with van der Waals surface area (Å²) in [7, 11) is 0. The molecule has 0 aliphatic carbocycles. The van der Waals surface area contributed by atoms with Crippen molar-refractivity contribution in [1.29, 1.82) is 0 Å². The quantitative estimate of drug-likeness (QED) is 0.585. The van der Waals surface area contributed by atoms with Gasteiger partial charge >= 0.3 is 0 Å². The third-order valence-electron chi connectivity index (χ3n) is 3.64. The molecule has 1 heterocycles. The summed E-state index contributed by atoms with van der Waals surface area (Å²) in [6.45, 7) is 2.11. The predicted octanol–water partition coefficient (Wildman–Crippen LogP) is 3.95. The molecule has 2 aromatic carbocycles. The number of rotatable bonds is 4. The van der Waals surface area contributed by atoms with E-state index in [2.05, 4.69) is 40.7 Å². The molecular formula is C17H18ClN3. The van der Waals surface area contributed by atoms with E-state index in [-0.39, 0.29) is 0 Å². The van der Waals surface area contributed by atoms with Crippen molar-refractivity contribution in [1.82, 2.24) is 9.55 Å². The van der Waals surface area contributed by atoms with Gasteiger partial charge in [-0.1, -0.05) is 19.1 Å². The highest BCUT2D eigenvalue weighted by Gasteiger charge is 2.11. The highest BCUT2D eigenvalue weighted by atomic mass is 35.5. The van der Waals surface area contributed by atoms with Crippen molar-refractivity contribution in [2.45, 2.75) is 19.8 Å². The van der Waals surface area contributed by atoms with Crippen molar-refractivity contribution in [3.8, 4) is 5.69 Å². The van der Waals surface area contributed by atoms with Crippen LogP contribution in [0, 0.1) is 0 Å². The molecule has 0 atom stereocenters. The fourth-order valence-corrected chi connectivity index (χ4v) is 2.81. The number of hydrogen-bond acceptors (Lipinski definition) is 2. The number of nitrogens with zero attached hydrogens (tertiary/aromatic N) is 2. The normalized spacial score (nSPS) is 11.1. The van der Waals surface area contributed by atoms with E-state index in [4.69, 9.17) is 17.3 Å². The molecule has 0 bridgehead atoms. The molecule has 3 aromatic rings. The van der Waals surface area contributed by atoms with Crippen LogP contribution in [0.25, 0.3) is 16.7 Å². The SMILES string of the molecule is CCc1nc2cc(N)ccc2n1-c1ccc(CCCl)cc1. The van der Waals surface area contributed by atoms with Gasteiger partial charge in [0.2, 0.25) is 0 Å². The van der Waals surface area contributed by atoms with E-state index in [0.717, 1.165) is 41.1 Å². The van der Waals surface area contributed by atoms with Gasteiger partial charge in [0.15, 0.2) is 0 Å². The van der Waals surface area contributed by atoms with Crippen LogP contribution in [0.4, 0.5) is 5.69 Å². The van der Waals surface area contributed by atoms with Crippen LogP contribution >= 0.6 is 11.6 Å². The standard InChI is InChI=1S/C17H18ClN3/c1-2-17-20-15-11-13(19)5-8-16(15)21(17)14-6-3-12(4-7-14)9-10-18/h3-8,11H,2,9-10,19H2,1H3. The fraction of sp³-hybridized carbons (Fsp3) is 0.235. The molecule has 0 amide bonds. The number of nitrogens with two attached hydrogens (primary N) is 1. The van der Waals surface area contributed by atoms with E-state index < -0.39 is 0 Å². The van der Waals surface area contributed by atoms with Gasteiger partial charge in [-0.3, -0.25) is 4.57 Å². The first kappa shape index (κ1) is 14.0. The van der Waals surface area contributed by atoms with Crippen LogP contribution in [0.2, 0.25) is 0 Å². The lowest BCUT2D eigenvalue weighted by molar-refractivity contribution is 0.907. The summed E-state index contributed by atoms with van der Waals surface area (Å²) in [5.41, 5.74) is 11.0. The van der Waals surface area contributed by atoms with Crippen LogP contribution in [-0.2, 0) is 12.8 Å². The summed E-state index contributed by atoms with van der Waals surface area (Å²) >= 11 is 5.79. The summed E-state index contributed by atoms with van der Waals surface area (Å²) in [4.78, 5) is 4.69. The first-order valence-corrected chi connectivity index (χ1v) is 7.68. The summed E-state index contributed by atoms with van der Waals surface area (Å²) in [5, 5.41) is 0. The molecule has 0 saturated carbocycles. The molecule has 3 rings (SSSR count). The number of halogens is 1. The number of nitrogen functional groups attached to an aromatic ring is 1. The number of aromatic nitrogens is 2. The van der Waals surface area contributed by atoms with E-state index >= 15 is 0 Å². The molecule has 4 heteroatoms. The minimum Gasteiger partial charge on any atom is -0.399 e. The zero-order valence-corrected chi connectivity index (χ0v) is 12.8. The minimum atomic E-state index is 0.646. The number of anilines is 1. The van der Waals surface area contributed by atoms with Gasteiger partial charge in [0.05, 0.1) is 11.0 Å². The van der Waals surface area contributed by atoms with Gasteiger partial charge in [0.1, 0.15) is 5.82 Å². The molecule has 3 nitrogen and oxygen atoms in total. The Morgan fingerprint density at radius 2 is 1.90 bits per heavy atom. The zero-order chi connectivity index (χ0) is 14.8. The first-order chi connectivity index (χ1) is 10.2. The monoisotopic (exact) mass is 299 g/mol. The van der Waals surface area contributed by atoms with Crippen molar-refractivity contribution in [3.63, 3.8) is 0 Å². The van der Waals surface area contributed by atoms with Gasteiger partial charge in [-0.25, -0.2) is 4.98 Å². The summed E-state index contributed by atoms with van der Waals surface area (Å²) < 4.78 is 2.19. The lowest BCUT2D eigenvalue weighted by atomic mass is 10.1. The number of hydrogen-bond donors (Lipinski definition) is 1. The fourth-order valence-electron chi connectivity index (χ4n) is 2.59. The van der Waals surface area contributed by atoms with E-state index in [0.29, 0.717) is 5.88 Å². The van der Waals surface area contributed by atoms with Crippen molar-refractivity contribution in [2.24, 2.45) is 0 Å². The Kier molecular flexibility index (Phi) is 3.84. The Hall–Kier alpha value is -2.00. The average molecular weight is 300 g/mol. The zero-order valence-electron chi connectivity index (χ0n) is 12.0. The molecule has 0 fully saturated rings. The number of aryl methyl sites for hydroxylation is 2. The Morgan fingerprint density at radius 3 is 2.57 bits per heavy atom. The van der Waals surface area contributed by atoms with Gasteiger partial charge in [0, 0.05) is 23.7 Å². The highest BCUT2D eigenvalue weighted by molar-refractivity contribution is 6.17. The summed E-state index contributed by atoms with van der Waals surface area (Å²) in [5.74, 6) is 1.69. The lowest BCUT2D eigenvalue weighted by Crippen LogP contribution is -2.00. The van der Waals surface area contributed by atoms with E-state index in [1.807, 2.05) is 18.2 Å². The Balaban J connectivity index is 2.13. The van der Waals surface area contributed by atoms with Gasteiger partial charge in [-0.15, -0.1) is 11.6 Å². The maximum Gasteiger partial charge on any atom is 0.114 e. The molecule has 1 aromatic heterocycles. The molecule has 0 radical (unpaired) electrons. The van der Waals surface area contributed by atoms with Crippen LogP contribution in [-0.4, -0.2) is 15.4 Å². The Labute approximate surface area is 129 Å². The van der Waals surface area contributed by atoms with Gasteiger partial charge < -0.3 is 5.73 Å². The van der Waals surface area contributed by atoms with Gasteiger partial charge in [0.25, 0.3) is 0 Å². The molecule has 21 heavy (non-hydrogen) atoms. The van der Waals surface area contributed by atoms with E-state index in [1.54, 1.807) is 0 Å². The summed E-state index contributed by atoms with van der Waals surface area (Å²) in [6, 6.07) is 14.4. The topological polar surface area (TPSA) is 43.8 Å². The average Bonchev–Trinajstić information content (AvgIpc) is 2.86. The van der Waals surface area contributed by atoms with Crippen molar-refractivity contribution < 1.29 is 0 Å². The van der Waals surface area contributed by atoms with Crippen LogP contribution in [0.1, 0.15) is 18.3 Å². The number of fused-ring (bicyclic) bond motifs is 1. The summed E-state index contributed by atoms with van der Waals surface area (Å²) in [6.07, 6.45) is 1.77. The Bertz CT molecular complexity index is 760. The molecule has 2 N–H and O–H groups in total. The first-order valence-electron chi connectivity index (χ1n) is 7.15. The van der Waals surface area contributed by atoms with Crippen LogP contribution in [0.15, 0.2) is 42.5 Å². The van der Waals surface area contributed by atoms with Gasteiger partial charge in [-0.2, -0.15) is 0 Å². The molecule has 0 spiro atoms. The van der Waals surface area contributed by atoms with Crippen LogP contribution < -0.4 is 5.73 Å². The predicted molar refractivity (Wildman–Crippen MR) is 89.3 cm³/mol. The van der Waals surface area contributed by atoms with Crippen LogP contribution in [0.3, 0.4) is 0 Å². The molecular weight excluding hydrogens is 282 g/mol. The largest absolute Gasteiger partial charge is 0.399 e. The minimum absolute atomic E-state index is 0.646.